The second kappa shape index (κ2) is 9.34. The molecule has 1 atom stereocenters. The minimum Gasteiger partial charge on any atom is -0.464 e. The van der Waals surface area contributed by atoms with Gasteiger partial charge in [-0.15, -0.1) is 0 Å². The Kier molecular flexibility index (Phi) is 6.60. The predicted molar refractivity (Wildman–Crippen MR) is 134 cm³/mol. The highest BCUT2D eigenvalue weighted by Crippen LogP contribution is 2.42. The fraction of sp³-hybridized carbons (Fsp3) is 0.444. The van der Waals surface area contributed by atoms with Crippen LogP contribution in [0.25, 0.3) is 22.4 Å². The van der Waals surface area contributed by atoms with E-state index in [0.29, 0.717) is 23.6 Å². The summed E-state index contributed by atoms with van der Waals surface area (Å²) in [5, 5.41) is 5.25. The molecule has 0 saturated heterocycles. The lowest BCUT2D eigenvalue weighted by molar-refractivity contribution is -0.166. The molecule has 0 spiro atoms. The third kappa shape index (κ3) is 4.75. The van der Waals surface area contributed by atoms with E-state index in [0.717, 1.165) is 33.4 Å². The van der Waals surface area contributed by atoms with Gasteiger partial charge in [-0.3, -0.25) is 4.68 Å². The molecule has 0 aromatic carbocycles. The lowest BCUT2D eigenvalue weighted by Gasteiger charge is -2.28. The molecule has 0 unspecified atom stereocenters. The van der Waals surface area contributed by atoms with Crippen molar-refractivity contribution < 1.29 is 18.7 Å². The van der Waals surface area contributed by atoms with Gasteiger partial charge in [-0.2, -0.15) is 5.10 Å². The summed E-state index contributed by atoms with van der Waals surface area (Å²) in [5.41, 5.74) is 5.65. The van der Waals surface area contributed by atoms with Crippen LogP contribution in [0, 0.1) is 20.8 Å². The largest absolute Gasteiger partial charge is 0.464 e. The Labute approximate surface area is 205 Å². The lowest BCUT2D eigenvalue weighted by atomic mass is 9.94. The van der Waals surface area contributed by atoms with Gasteiger partial charge in [-0.1, -0.05) is 0 Å². The number of rotatable bonds is 7. The van der Waals surface area contributed by atoms with Gasteiger partial charge in [-0.25, -0.2) is 9.78 Å². The Bertz CT molecular complexity index is 1360. The number of pyridine rings is 1. The summed E-state index contributed by atoms with van der Waals surface area (Å²) in [6.07, 6.45) is 4.56. The molecule has 0 aliphatic rings. The Morgan fingerprint density at radius 2 is 1.97 bits per heavy atom. The normalized spacial score (nSPS) is 12.9. The van der Waals surface area contributed by atoms with Crippen molar-refractivity contribution in [2.45, 2.75) is 66.7 Å². The van der Waals surface area contributed by atoms with Crippen LogP contribution in [0.3, 0.4) is 0 Å². The van der Waals surface area contributed by atoms with Crippen LogP contribution in [0.2, 0.25) is 0 Å². The molecule has 4 rings (SSSR count). The van der Waals surface area contributed by atoms with E-state index in [1.165, 1.54) is 0 Å². The molecule has 4 heterocycles. The lowest BCUT2D eigenvalue weighted by Crippen LogP contribution is -2.30. The summed E-state index contributed by atoms with van der Waals surface area (Å²) in [7, 11) is 1.91. The van der Waals surface area contributed by atoms with Gasteiger partial charge in [-0.05, 0) is 66.2 Å². The minimum absolute atomic E-state index is 0.257. The number of carbonyl (C=O) groups excluding carboxylic acids is 1. The van der Waals surface area contributed by atoms with Crippen molar-refractivity contribution in [3.05, 3.63) is 58.9 Å². The number of aryl methyl sites for hydroxylation is 3. The molecule has 0 aliphatic carbocycles. The highest BCUT2D eigenvalue weighted by molar-refractivity contribution is 5.99. The summed E-state index contributed by atoms with van der Waals surface area (Å²) in [6.45, 7) is 14.5. The minimum atomic E-state index is -0.951. The molecule has 0 bridgehead atoms. The van der Waals surface area contributed by atoms with Crippen LogP contribution in [0.1, 0.15) is 61.9 Å². The van der Waals surface area contributed by atoms with Crippen molar-refractivity contribution in [1.82, 2.24) is 19.3 Å². The molecule has 0 N–H and O–H groups in total. The maximum Gasteiger partial charge on any atom is 0.340 e. The zero-order chi connectivity index (χ0) is 25.5. The third-order valence-electron chi connectivity index (χ3n) is 6.09. The number of furan rings is 1. The van der Waals surface area contributed by atoms with Crippen LogP contribution in [-0.4, -0.2) is 37.5 Å². The van der Waals surface area contributed by atoms with E-state index in [1.54, 1.807) is 17.9 Å². The van der Waals surface area contributed by atoms with Gasteiger partial charge in [0.1, 0.15) is 11.4 Å². The highest BCUT2D eigenvalue weighted by atomic mass is 16.6. The zero-order valence-electron chi connectivity index (χ0n) is 21.8. The molecule has 35 heavy (non-hydrogen) atoms. The molecule has 8 nitrogen and oxygen atoms in total. The summed E-state index contributed by atoms with van der Waals surface area (Å²) >= 11 is 0. The Balaban J connectivity index is 2.03. The molecule has 0 amide bonds. The van der Waals surface area contributed by atoms with Crippen LogP contribution >= 0.6 is 0 Å². The summed E-state index contributed by atoms with van der Waals surface area (Å²) in [4.78, 5) is 18.2. The van der Waals surface area contributed by atoms with Crippen LogP contribution in [0.4, 0.5) is 0 Å². The predicted octanol–water partition coefficient (Wildman–Crippen LogP) is 5.42. The van der Waals surface area contributed by atoms with E-state index < -0.39 is 17.7 Å². The standard InChI is InChI=1S/C27H34N4O4/c1-9-33-26(32)24(35-27(5,6)7)22-17(3)29-25-21(23(22)20-11-10-12-34-20)16(2)18(4)31(25)15-19-13-28-30(8)14-19/h10-14,24H,9,15H2,1-8H3/t24-/m0/s1. The molecule has 0 saturated carbocycles. The number of carbonyl (C=O) groups is 1. The molecule has 186 valence electrons. The Hall–Kier alpha value is -3.39. The van der Waals surface area contributed by atoms with E-state index in [2.05, 4.69) is 23.5 Å². The fourth-order valence-electron chi connectivity index (χ4n) is 4.52. The van der Waals surface area contributed by atoms with Gasteiger partial charge in [0.05, 0.1) is 31.2 Å². The van der Waals surface area contributed by atoms with Crippen LogP contribution in [0.5, 0.6) is 0 Å². The fourth-order valence-corrected chi connectivity index (χ4v) is 4.52. The molecule has 0 aliphatic heterocycles. The van der Waals surface area contributed by atoms with E-state index in [1.807, 2.05) is 59.3 Å². The number of hydrogen-bond acceptors (Lipinski definition) is 6. The molecule has 4 aromatic rings. The van der Waals surface area contributed by atoms with E-state index in [4.69, 9.17) is 18.9 Å². The summed E-state index contributed by atoms with van der Waals surface area (Å²) in [5.74, 6) is 0.215. The molecule has 4 aromatic heterocycles. The van der Waals surface area contributed by atoms with Crippen LogP contribution < -0.4 is 0 Å². The highest BCUT2D eigenvalue weighted by Gasteiger charge is 2.35. The van der Waals surface area contributed by atoms with Crippen molar-refractivity contribution in [3.8, 4) is 11.3 Å². The number of aromatic nitrogens is 4. The van der Waals surface area contributed by atoms with E-state index in [9.17, 15) is 4.79 Å². The van der Waals surface area contributed by atoms with Crippen LogP contribution in [-0.2, 0) is 27.9 Å². The number of nitrogens with zero attached hydrogens (tertiary/aromatic N) is 4. The quantitative estimate of drug-likeness (QED) is 0.330. The van der Waals surface area contributed by atoms with Gasteiger partial charge in [0.25, 0.3) is 0 Å². The first-order valence-corrected chi connectivity index (χ1v) is 11.9. The smallest absolute Gasteiger partial charge is 0.340 e. The number of hydrogen-bond donors (Lipinski definition) is 0. The third-order valence-corrected chi connectivity index (χ3v) is 6.09. The maximum atomic E-state index is 13.2. The second-order valence-electron chi connectivity index (χ2n) is 9.84. The van der Waals surface area contributed by atoms with Crippen molar-refractivity contribution in [1.29, 1.82) is 0 Å². The molecule has 8 heteroatoms. The second-order valence-corrected chi connectivity index (χ2v) is 9.84. The molecule has 0 radical (unpaired) electrons. The molecular weight excluding hydrogens is 444 g/mol. The average molecular weight is 479 g/mol. The van der Waals surface area contributed by atoms with Gasteiger partial charge in [0.2, 0.25) is 0 Å². The monoisotopic (exact) mass is 478 g/mol. The van der Waals surface area contributed by atoms with Crippen molar-refractivity contribution in [3.63, 3.8) is 0 Å². The van der Waals surface area contributed by atoms with Crippen molar-refractivity contribution in [2.75, 3.05) is 6.61 Å². The molecule has 0 fully saturated rings. The maximum absolute atomic E-state index is 13.2. The topological polar surface area (TPSA) is 84.3 Å². The SMILES string of the molecule is CCOC(=O)[C@@H](OC(C)(C)C)c1c(C)nc2c(c(C)c(C)n2Cc2cnn(C)c2)c1-c1ccco1. The first-order chi connectivity index (χ1) is 16.5. The van der Waals surface area contributed by atoms with Gasteiger partial charge < -0.3 is 18.5 Å². The van der Waals surface area contributed by atoms with Crippen molar-refractivity contribution in [2.24, 2.45) is 7.05 Å². The Morgan fingerprint density at radius 3 is 2.54 bits per heavy atom. The van der Waals surface area contributed by atoms with Crippen LogP contribution in [0.15, 0.2) is 35.2 Å². The van der Waals surface area contributed by atoms with Gasteiger partial charge in [0.15, 0.2) is 6.10 Å². The summed E-state index contributed by atoms with van der Waals surface area (Å²) < 4.78 is 21.6. The number of fused-ring (bicyclic) bond motifs is 1. The van der Waals surface area contributed by atoms with E-state index >= 15 is 0 Å². The first-order valence-electron chi connectivity index (χ1n) is 11.9. The zero-order valence-corrected chi connectivity index (χ0v) is 21.8. The van der Waals surface area contributed by atoms with E-state index in [-0.39, 0.29) is 6.61 Å². The molecular formula is C27H34N4O4. The number of esters is 1. The van der Waals surface area contributed by atoms with Crippen molar-refractivity contribution >= 4 is 17.0 Å². The van der Waals surface area contributed by atoms with Gasteiger partial charge in [0, 0.05) is 46.7 Å². The Morgan fingerprint density at radius 1 is 1.23 bits per heavy atom. The average Bonchev–Trinajstić information content (AvgIpc) is 3.49. The number of ether oxygens (including phenoxy) is 2. The van der Waals surface area contributed by atoms with Gasteiger partial charge >= 0.3 is 5.97 Å². The summed E-state index contributed by atoms with van der Waals surface area (Å²) in [6, 6.07) is 3.75. The first kappa shape index (κ1) is 24.7.